The van der Waals surface area contributed by atoms with Crippen LogP contribution >= 0.6 is 35.0 Å². The molecule has 0 aliphatic heterocycles. The topological polar surface area (TPSA) is 55.1 Å². The Kier molecular flexibility index (Phi) is 5.25. The molecule has 16 heavy (non-hydrogen) atoms. The Morgan fingerprint density at radius 2 is 2.00 bits per heavy atom. The van der Waals surface area contributed by atoms with Gasteiger partial charge in [0.15, 0.2) is 0 Å². The molecule has 0 bridgehead atoms. The molecule has 1 rings (SSSR count). The minimum Gasteiger partial charge on any atom is -0.399 e. The number of halogens is 2. The summed E-state index contributed by atoms with van der Waals surface area (Å²) in [6.45, 7) is 0. The van der Waals surface area contributed by atoms with E-state index in [0.29, 0.717) is 27.8 Å². The first-order valence-corrected chi connectivity index (χ1v) is 6.73. The zero-order chi connectivity index (χ0) is 12.1. The fraction of sp³-hybridized carbons (Fsp3) is 0.300. The largest absolute Gasteiger partial charge is 0.399 e. The van der Waals surface area contributed by atoms with Gasteiger partial charge in [-0.2, -0.15) is 11.8 Å². The van der Waals surface area contributed by atoms with E-state index in [0.717, 1.165) is 5.75 Å². The van der Waals surface area contributed by atoms with E-state index in [1.54, 1.807) is 23.9 Å². The number of benzene rings is 1. The molecule has 0 aromatic heterocycles. The van der Waals surface area contributed by atoms with Gasteiger partial charge in [-0.05, 0) is 18.4 Å². The summed E-state index contributed by atoms with van der Waals surface area (Å²) in [7, 11) is 0. The molecule has 0 aliphatic carbocycles. The van der Waals surface area contributed by atoms with E-state index in [4.69, 9.17) is 28.9 Å². The van der Waals surface area contributed by atoms with Gasteiger partial charge in [-0.25, -0.2) is 0 Å². The molecule has 0 spiro atoms. The molecular weight excluding hydrogens is 267 g/mol. The number of anilines is 2. The third-order valence-electron chi connectivity index (χ3n) is 1.86. The van der Waals surface area contributed by atoms with Crippen molar-refractivity contribution in [2.75, 3.05) is 23.1 Å². The van der Waals surface area contributed by atoms with Crippen LogP contribution < -0.4 is 11.1 Å². The lowest BCUT2D eigenvalue weighted by atomic mass is 10.2. The zero-order valence-electron chi connectivity index (χ0n) is 8.72. The van der Waals surface area contributed by atoms with Gasteiger partial charge in [0.1, 0.15) is 0 Å². The quantitative estimate of drug-likeness (QED) is 0.832. The number of nitrogen functional groups attached to an aromatic ring is 1. The van der Waals surface area contributed by atoms with E-state index >= 15 is 0 Å². The summed E-state index contributed by atoms with van der Waals surface area (Å²) in [5.74, 6) is 0.652. The van der Waals surface area contributed by atoms with E-state index in [9.17, 15) is 4.79 Å². The van der Waals surface area contributed by atoms with E-state index in [1.807, 2.05) is 6.26 Å². The molecule has 0 unspecified atom stereocenters. The average molecular weight is 279 g/mol. The molecule has 0 saturated carbocycles. The molecule has 1 aromatic carbocycles. The molecule has 88 valence electrons. The Hall–Kier alpha value is -0.580. The van der Waals surface area contributed by atoms with Crippen LogP contribution in [0.15, 0.2) is 12.1 Å². The maximum Gasteiger partial charge on any atom is 0.225 e. The first-order valence-electron chi connectivity index (χ1n) is 4.58. The summed E-state index contributed by atoms with van der Waals surface area (Å²) in [5.41, 5.74) is 6.44. The van der Waals surface area contributed by atoms with Gasteiger partial charge in [-0.1, -0.05) is 23.2 Å². The van der Waals surface area contributed by atoms with Gasteiger partial charge in [0, 0.05) is 17.9 Å². The summed E-state index contributed by atoms with van der Waals surface area (Å²) >= 11 is 13.5. The van der Waals surface area contributed by atoms with Crippen LogP contribution in [0, 0.1) is 0 Å². The monoisotopic (exact) mass is 278 g/mol. The van der Waals surface area contributed by atoms with E-state index < -0.39 is 0 Å². The molecule has 0 saturated heterocycles. The van der Waals surface area contributed by atoms with Crippen molar-refractivity contribution in [2.24, 2.45) is 0 Å². The molecule has 0 heterocycles. The van der Waals surface area contributed by atoms with Crippen molar-refractivity contribution in [1.82, 2.24) is 0 Å². The number of carbonyl (C=O) groups excluding carboxylic acids is 1. The molecule has 3 N–H and O–H groups in total. The SMILES string of the molecule is CSCCC(=O)Nc1c(Cl)cc(N)cc1Cl. The predicted octanol–water partition coefficient (Wildman–Crippen LogP) is 3.27. The lowest BCUT2D eigenvalue weighted by molar-refractivity contribution is -0.115. The van der Waals surface area contributed by atoms with Crippen LogP contribution in [0.4, 0.5) is 11.4 Å². The smallest absolute Gasteiger partial charge is 0.225 e. The highest BCUT2D eigenvalue weighted by atomic mass is 35.5. The average Bonchev–Trinajstić information content (AvgIpc) is 2.20. The molecule has 0 atom stereocenters. The first kappa shape index (κ1) is 13.5. The minimum atomic E-state index is -0.108. The summed E-state index contributed by atoms with van der Waals surface area (Å²) in [4.78, 5) is 11.5. The third-order valence-corrected chi connectivity index (χ3v) is 3.07. The first-order chi connectivity index (χ1) is 7.54. The summed E-state index contributed by atoms with van der Waals surface area (Å²) in [6.07, 6.45) is 2.37. The van der Waals surface area contributed by atoms with Gasteiger partial charge in [-0.3, -0.25) is 4.79 Å². The fourth-order valence-corrected chi connectivity index (χ4v) is 2.10. The van der Waals surface area contributed by atoms with Crippen LogP contribution in [0.5, 0.6) is 0 Å². The van der Waals surface area contributed by atoms with Crippen molar-refractivity contribution in [1.29, 1.82) is 0 Å². The van der Waals surface area contributed by atoms with Gasteiger partial charge in [0.2, 0.25) is 5.91 Å². The number of thioether (sulfide) groups is 1. The maximum absolute atomic E-state index is 11.5. The molecule has 1 amide bonds. The van der Waals surface area contributed by atoms with Crippen molar-refractivity contribution in [2.45, 2.75) is 6.42 Å². The molecule has 0 aliphatic rings. The molecule has 1 aromatic rings. The molecular formula is C10H12Cl2N2OS. The number of hydrogen-bond acceptors (Lipinski definition) is 3. The van der Waals surface area contributed by atoms with Gasteiger partial charge in [-0.15, -0.1) is 0 Å². The molecule has 6 heteroatoms. The van der Waals surface area contributed by atoms with Crippen molar-refractivity contribution >= 4 is 52.2 Å². The summed E-state index contributed by atoms with van der Waals surface area (Å²) in [5, 5.41) is 3.37. The number of rotatable bonds is 4. The second-order valence-corrected chi connectivity index (χ2v) is 4.95. The molecule has 3 nitrogen and oxygen atoms in total. The van der Waals surface area contributed by atoms with Crippen LogP contribution in [-0.4, -0.2) is 17.9 Å². The van der Waals surface area contributed by atoms with Crippen molar-refractivity contribution in [3.05, 3.63) is 22.2 Å². The van der Waals surface area contributed by atoms with E-state index in [-0.39, 0.29) is 5.91 Å². The van der Waals surface area contributed by atoms with Crippen LogP contribution in [0.3, 0.4) is 0 Å². The van der Waals surface area contributed by atoms with E-state index in [2.05, 4.69) is 5.32 Å². The lowest BCUT2D eigenvalue weighted by Crippen LogP contribution is -2.13. The highest BCUT2D eigenvalue weighted by molar-refractivity contribution is 7.98. The van der Waals surface area contributed by atoms with Crippen molar-refractivity contribution in [3.63, 3.8) is 0 Å². The van der Waals surface area contributed by atoms with Gasteiger partial charge >= 0.3 is 0 Å². The summed E-state index contributed by atoms with van der Waals surface area (Å²) in [6, 6.07) is 3.11. The van der Waals surface area contributed by atoms with Crippen LogP contribution in [-0.2, 0) is 4.79 Å². The van der Waals surface area contributed by atoms with Crippen molar-refractivity contribution in [3.8, 4) is 0 Å². The van der Waals surface area contributed by atoms with Crippen molar-refractivity contribution < 1.29 is 4.79 Å². The maximum atomic E-state index is 11.5. The number of nitrogens with two attached hydrogens (primary N) is 1. The van der Waals surface area contributed by atoms with Gasteiger partial charge in [0.25, 0.3) is 0 Å². The van der Waals surface area contributed by atoms with Crippen LogP contribution in [0.25, 0.3) is 0 Å². The Labute approximate surface area is 109 Å². The number of hydrogen-bond donors (Lipinski definition) is 2. The minimum absolute atomic E-state index is 0.108. The van der Waals surface area contributed by atoms with Crippen LogP contribution in [0.2, 0.25) is 10.0 Å². The Balaban J connectivity index is 2.77. The number of nitrogens with one attached hydrogen (secondary N) is 1. The van der Waals surface area contributed by atoms with Gasteiger partial charge in [0.05, 0.1) is 15.7 Å². The normalized spacial score (nSPS) is 10.2. The lowest BCUT2D eigenvalue weighted by Gasteiger charge is -2.09. The van der Waals surface area contributed by atoms with Gasteiger partial charge < -0.3 is 11.1 Å². The highest BCUT2D eigenvalue weighted by Crippen LogP contribution is 2.32. The zero-order valence-corrected chi connectivity index (χ0v) is 11.0. The Morgan fingerprint density at radius 1 is 1.44 bits per heavy atom. The third kappa shape index (κ3) is 3.77. The van der Waals surface area contributed by atoms with Crippen LogP contribution in [0.1, 0.15) is 6.42 Å². The fourth-order valence-electron chi connectivity index (χ4n) is 1.11. The van der Waals surface area contributed by atoms with E-state index in [1.165, 1.54) is 0 Å². The second-order valence-electron chi connectivity index (χ2n) is 3.15. The number of amides is 1. The Bertz CT molecular complexity index is 375. The second kappa shape index (κ2) is 6.23. The highest BCUT2D eigenvalue weighted by Gasteiger charge is 2.10. The summed E-state index contributed by atoms with van der Waals surface area (Å²) < 4.78 is 0. The standard InChI is InChI=1S/C10H12Cl2N2OS/c1-16-3-2-9(15)14-10-7(11)4-6(13)5-8(10)12/h4-5H,2-3,13H2,1H3,(H,14,15). The predicted molar refractivity (Wildman–Crippen MR) is 72.5 cm³/mol. The molecule has 0 fully saturated rings. The Morgan fingerprint density at radius 3 is 2.50 bits per heavy atom. The molecule has 0 radical (unpaired) electrons. The number of carbonyl (C=O) groups is 1.